The normalized spacial score (nSPS) is 10.6. The topological polar surface area (TPSA) is 64.9 Å². The minimum atomic E-state index is -0.310. The van der Waals surface area contributed by atoms with Crippen molar-refractivity contribution in [3.05, 3.63) is 0 Å². The molecule has 0 heterocycles. The first-order valence-electron chi connectivity index (χ1n) is 4.34. The van der Waals surface area contributed by atoms with Crippen molar-refractivity contribution in [2.75, 3.05) is 20.1 Å². The van der Waals surface area contributed by atoms with Crippen LogP contribution in [0.4, 0.5) is 0 Å². The summed E-state index contributed by atoms with van der Waals surface area (Å²) in [6.45, 7) is 4.77. The van der Waals surface area contributed by atoms with Crippen LogP contribution < -0.4 is 10.6 Å². The van der Waals surface area contributed by atoms with Crippen molar-refractivity contribution in [1.29, 1.82) is 5.26 Å². The molecule has 0 unspecified atom stereocenters. The molecule has 74 valence electrons. The first-order chi connectivity index (χ1) is 6.02. The first kappa shape index (κ1) is 11.9. The molecular formula is C9H17N3O. The van der Waals surface area contributed by atoms with Gasteiger partial charge in [-0.15, -0.1) is 0 Å². The minimum absolute atomic E-state index is 0.0326. The van der Waals surface area contributed by atoms with Crippen LogP contribution in [0.2, 0.25) is 0 Å². The van der Waals surface area contributed by atoms with Gasteiger partial charge in [-0.3, -0.25) is 4.79 Å². The zero-order valence-corrected chi connectivity index (χ0v) is 8.48. The number of nitrogens with zero attached hydrogens (tertiary/aromatic N) is 1. The molecule has 0 aliphatic carbocycles. The summed E-state index contributed by atoms with van der Waals surface area (Å²) in [4.78, 5) is 10.8. The summed E-state index contributed by atoms with van der Waals surface area (Å²) in [6, 6.07) is 2.20. The molecule has 0 aromatic rings. The number of nitrogens with one attached hydrogen (secondary N) is 2. The number of carbonyl (C=O) groups excluding carboxylic acids is 1. The quantitative estimate of drug-likeness (QED) is 0.601. The Labute approximate surface area is 79.3 Å². The highest BCUT2D eigenvalue weighted by Gasteiger charge is 2.15. The van der Waals surface area contributed by atoms with E-state index in [9.17, 15) is 4.79 Å². The third-order valence-corrected chi connectivity index (χ3v) is 1.79. The van der Waals surface area contributed by atoms with E-state index in [2.05, 4.69) is 16.7 Å². The van der Waals surface area contributed by atoms with Crippen molar-refractivity contribution in [1.82, 2.24) is 10.6 Å². The summed E-state index contributed by atoms with van der Waals surface area (Å²) in [5, 5.41) is 14.2. The van der Waals surface area contributed by atoms with Gasteiger partial charge in [0.1, 0.15) is 0 Å². The van der Waals surface area contributed by atoms with E-state index in [1.54, 1.807) is 7.05 Å². The highest BCUT2D eigenvalue weighted by atomic mass is 16.1. The number of rotatable bonds is 5. The summed E-state index contributed by atoms with van der Waals surface area (Å²) in [7, 11) is 1.60. The van der Waals surface area contributed by atoms with Gasteiger partial charge in [-0.05, 0) is 26.8 Å². The van der Waals surface area contributed by atoms with E-state index in [-0.39, 0.29) is 11.3 Å². The average Bonchev–Trinajstić information content (AvgIpc) is 2.12. The fourth-order valence-electron chi connectivity index (χ4n) is 0.747. The monoisotopic (exact) mass is 183 g/mol. The number of likely N-dealkylation sites (N-methyl/N-ethyl adjacent to an activating group) is 1. The minimum Gasteiger partial charge on any atom is -0.358 e. The smallest absolute Gasteiger partial charge is 0.233 e. The lowest BCUT2D eigenvalue weighted by Gasteiger charge is -2.14. The Balaban J connectivity index is 3.48. The molecule has 0 aromatic heterocycles. The Morgan fingerprint density at radius 2 is 2.15 bits per heavy atom. The number of hydrogen-bond donors (Lipinski definition) is 2. The molecule has 1 amide bonds. The van der Waals surface area contributed by atoms with Crippen molar-refractivity contribution in [2.24, 2.45) is 5.41 Å². The molecule has 4 heteroatoms. The van der Waals surface area contributed by atoms with Crippen LogP contribution in [0, 0.1) is 16.7 Å². The van der Waals surface area contributed by atoms with Gasteiger partial charge in [-0.1, -0.05) is 0 Å². The van der Waals surface area contributed by atoms with E-state index >= 15 is 0 Å². The number of carbonyl (C=O) groups is 1. The fraction of sp³-hybridized carbons (Fsp3) is 0.778. The maximum atomic E-state index is 10.8. The molecule has 0 saturated heterocycles. The van der Waals surface area contributed by atoms with Gasteiger partial charge in [0.15, 0.2) is 0 Å². The molecule has 0 saturated carbocycles. The van der Waals surface area contributed by atoms with Crippen molar-refractivity contribution in [3.8, 4) is 6.07 Å². The number of amides is 1. The van der Waals surface area contributed by atoms with Crippen LogP contribution in [0.15, 0.2) is 0 Å². The van der Waals surface area contributed by atoms with Gasteiger partial charge in [0.05, 0.1) is 18.0 Å². The first-order valence-corrected chi connectivity index (χ1v) is 4.34. The molecule has 0 aromatic carbocycles. The molecule has 4 nitrogen and oxygen atoms in total. The number of hydrogen-bond acceptors (Lipinski definition) is 3. The lowest BCUT2D eigenvalue weighted by atomic mass is 9.91. The van der Waals surface area contributed by atoms with Crippen LogP contribution >= 0.6 is 0 Å². The average molecular weight is 183 g/mol. The molecule has 2 N–H and O–H groups in total. The van der Waals surface area contributed by atoms with Gasteiger partial charge in [0.25, 0.3) is 0 Å². The summed E-state index contributed by atoms with van der Waals surface area (Å²) in [6.07, 6.45) is 0.750. The maximum absolute atomic E-state index is 10.8. The lowest BCUT2D eigenvalue weighted by molar-refractivity contribution is -0.119. The van der Waals surface area contributed by atoms with E-state index < -0.39 is 0 Å². The molecule has 0 fully saturated rings. The van der Waals surface area contributed by atoms with E-state index in [1.165, 1.54) is 0 Å². The summed E-state index contributed by atoms with van der Waals surface area (Å²) < 4.78 is 0. The second-order valence-electron chi connectivity index (χ2n) is 3.60. The third kappa shape index (κ3) is 6.12. The maximum Gasteiger partial charge on any atom is 0.233 e. The molecule has 0 atom stereocenters. The highest BCUT2D eigenvalue weighted by Crippen LogP contribution is 2.16. The van der Waals surface area contributed by atoms with Gasteiger partial charge in [0.2, 0.25) is 5.91 Å². The van der Waals surface area contributed by atoms with Crippen LogP contribution in [-0.2, 0) is 4.79 Å². The van der Waals surface area contributed by atoms with Gasteiger partial charge in [-0.2, -0.15) is 5.26 Å². The molecule has 13 heavy (non-hydrogen) atoms. The Morgan fingerprint density at radius 1 is 1.54 bits per heavy atom. The van der Waals surface area contributed by atoms with Crippen LogP contribution in [0.1, 0.15) is 20.3 Å². The predicted octanol–water partition coefficient (Wildman–Crippen LogP) is 0.262. The van der Waals surface area contributed by atoms with E-state index in [0.29, 0.717) is 13.1 Å². The second kappa shape index (κ2) is 5.55. The lowest BCUT2D eigenvalue weighted by Crippen LogP contribution is -2.33. The number of nitriles is 1. The summed E-state index contributed by atoms with van der Waals surface area (Å²) in [5.74, 6) is -0.0326. The SMILES string of the molecule is CNC(=O)CNCCC(C)(C)C#N. The van der Waals surface area contributed by atoms with E-state index in [4.69, 9.17) is 5.26 Å². The van der Waals surface area contributed by atoms with Gasteiger partial charge >= 0.3 is 0 Å². The Morgan fingerprint density at radius 3 is 2.62 bits per heavy atom. The van der Waals surface area contributed by atoms with Gasteiger partial charge in [-0.25, -0.2) is 0 Å². The fourth-order valence-corrected chi connectivity index (χ4v) is 0.747. The third-order valence-electron chi connectivity index (χ3n) is 1.79. The van der Waals surface area contributed by atoms with E-state index in [0.717, 1.165) is 6.42 Å². The van der Waals surface area contributed by atoms with Crippen LogP contribution in [0.3, 0.4) is 0 Å². The zero-order chi connectivity index (χ0) is 10.3. The second-order valence-corrected chi connectivity index (χ2v) is 3.60. The van der Waals surface area contributed by atoms with Crippen molar-refractivity contribution < 1.29 is 4.79 Å². The molecule has 0 rings (SSSR count). The van der Waals surface area contributed by atoms with Crippen molar-refractivity contribution >= 4 is 5.91 Å². The molecule has 0 radical (unpaired) electrons. The zero-order valence-electron chi connectivity index (χ0n) is 8.48. The highest BCUT2D eigenvalue weighted by molar-refractivity contribution is 5.77. The van der Waals surface area contributed by atoms with Crippen LogP contribution in [0.25, 0.3) is 0 Å². The standard InChI is InChI=1S/C9H17N3O/c1-9(2,7-10)4-5-12-6-8(13)11-3/h12H,4-6H2,1-3H3,(H,11,13). The molecular weight excluding hydrogens is 166 g/mol. The van der Waals surface area contributed by atoms with Gasteiger partial charge in [0, 0.05) is 7.05 Å². The molecule has 0 aliphatic heterocycles. The van der Waals surface area contributed by atoms with Gasteiger partial charge < -0.3 is 10.6 Å². The Bertz CT molecular complexity index is 205. The molecule has 0 bridgehead atoms. The molecule has 0 aliphatic rings. The summed E-state index contributed by atoms with van der Waals surface area (Å²) >= 11 is 0. The van der Waals surface area contributed by atoms with Crippen LogP contribution in [-0.4, -0.2) is 26.0 Å². The van der Waals surface area contributed by atoms with Crippen LogP contribution in [0.5, 0.6) is 0 Å². The van der Waals surface area contributed by atoms with Crippen molar-refractivity contribution in [3.63, 3.8) is 0 Å². The summed E-state index contributed by atoms with van der Waals surface area (Å²) in [5.41, 5.74) is -0.310. The Hall–Kier alpha value is -1.08. The van der Waals surface area contributed by atoms with E-state index in [1.807, 2.05) is 13.8 Å². The largest absolute Gasteiger partial charge is 0.358 e. The Kier molecular flexibility index (Phi) is 5.09. The predicted molar refractivity (Wildman–Crippen MR) is 50.9 cm³/mol. The molecule has 0 spiro atoms. The van der Waals surface area contributed by atoms with Crippen molar-refractivity contribution in [2.45, 2.75) is 20.3 Å².